The van der Waals surface area contributed by atoms with Crippen LogP contribution < -0.4 is 5.32 Å². The maximum absolute atomic E-state index is 11.8. The molecule has 1 aliphatic rings. The smallest absolute Gasteiger partial charge is 0.325 e. The summed E-state index contributed by atoms with van der Waals surface area (Å²) in [6.07, 6.45) is 0.645. The van der Waals surface area contributed by atoms with Crippen LogP contribution in [0.2, 0.25) is 0 Å². The number of benzene rings is 1. The van der Waals surface area contributed by atoms with Crippen LogP contribution in [0.1, 0.15) is 18.0 Å². The zero-order valence-corrected chi connectivity index (χ0v) is 10.2. The van der Waals surface area contributed by atoms with Crippen molar-refractivity contribution in [2.45, 2.75) is 18.5 Å². The van der Waals surface area contributed by atoms with Gasteiger partial charge in [0, 0.05) is 13.6 Å². The molecular weight excluding hydrogens is 232 g/mol. The van der Waals surface area contributed by atoms with E-state index in [-0.39, 0.29) is 5.91 Å². The summed E-state index contributed by atoms with van der Waals surface area (Å²) in [5.41, 5.74) is 0.660. The second kappa shape index (κ2) is 5.18. The first-order valence-corrected chi connectivity index (χ1v) is 5.88. The summed E-state index contributed by atoms with van der Waals surface area (Å²) in [4.78, 5) is 24.7. The number of nitrogens with one attached hydrogen (secondary N) is 1. The lowest BCUT2D eigenvalue weighted by Gasteiger charge is -2.19. The number of carbonyl (C=O) groups is 2. The van der Waals surface area contributed by atoms with E-state index in [1.54, 1.807) is 36.2 Å². The van der Waals surface area contributed by atoms with Crippen LogP contribution in [-0.4, -0.2) is 41.5 Å². The van der Waals surface area contributed by atoms with Crippen molar-refractivity contribution < 1.29 is 14.7 Å². The van der Waals surface area contributed by atoms with Gasteiger partial charge < -0.3 is 10.0 Å². The highest BCUT2D eigenvalue weighted by atomic mass is 16.4. The van der Waals surface area contributed by atoms with Crippen molar-refractivity contribution in [2.24, 2.45) is 0 Å². The molecule has 0 aromatic heterocycles. The molecule has 0 bridgehead atoms. The van der Waals surface area contributed by atoms with Gasteiger partial charge in [0.05, 0.1) is 6.04 Å². The summed E-state index contributed by atoms with van der Waals surface area (Å²) >= 11 is 0. The highest BCUT2D eigenvalue weighted by Crippen LogP contribution is 2.17. The van der Waals surface area contributed by atoms with Crippen LogP contribution in [0.25, 0.3) is 0 Å². The van der Waals surface area contributed by atoms with E-state index in [1.165, 1.54) is 0 Å². The minimum Gasteiger partial charge on any atom is -0.480 e. The molecule has 0 spiro atoms. The lowest BCUT2D eigenvalue weighted by molar-refractivity contribution is -0.140. The SMILES string of the molecule is CN1CCC(NC(C(=O)O)c2ccccc2)C1=O. The molecule has 1 aromatic rings. The Morgan fingerprint density at radius 3 is 2.61 bits per heavy atom. The van der Waals surface area contributed by atoms with E-state index in [1.807, 2.05) is 6.07 Å². The van der Waals surface area contributed by atoms with Gasteiger partial charge in [-0.25, -0.2) is 0 Å². The van der Waals surface area contributed by atoms with E-state index in [0.717, 1.165) is 0 Å². The van der Waals surface area contributed by atoms with E-state index < -0.39 is 18.1 Å². The van der Waals surface area contributed by atoms with Crippen LogP contribution in [0.4, 0.5) is 0 Å². The van der Waals surface area contributed by atoms with Gasteiger partial charge >= 0.3 is 5.97 Å². The lowest BCUT2D eigenvalue weighted by atomic mass is 10.1. The molecule has 1 fully saturated rings. The monoisotopic (exact) mass is 248 g/mol. The van der Waals surface area contributed by atoms with Crippen molar-refractivity contribution >= 4 is 11.9 Å². The predicted octanol–water partition coefficient (Wildman–Crippen LogP) is 0.633. The van der Waals surface area contributed by atoms with Crippen molar-refractivity contribution in [1.82, 2.24) is 10.2 Å². The molecule has 2 N–H and O–H groups in total. The zero-order chi connectivity index (χ0) is 13.1. The number of likely N-dealkylation sites (N-methyl/N-ethyl adjacent to an activating group) is 1. The Bertz CT molecular complexity index is 447. The number of carboxylic acids is 1. The highest BCUT2D eigenvalue weighted by Gasteiger charge is 2.33. The molecule has 1 saturated heterocycles. The summed E-state index contributed by atoms with van der Waals surface area (Å²) in [6, 6.07) is 7.65. The van der Waals surface area contributed by atoms with E-state index in [0.29, 0.717) is 18.5 Å². The molecule has 2 unspecified atom stereocenters. The Kier molecular flexibility index (Phi) is 3.62. The van der Waals surface area contributed by atoms with Crippen LogP contribution in [0.5, 0.6) is 0 Å². The third-order valence-electron chi connectivity index (χ3n) is 3.18. The van der Waals surface area contributed by atoms with Crippen LogP contribution in [0, 0.1) is 0 Å². The summed E-state index contributed by atoms with van der Waals surface area (Å²) in [6.45, 7) is 0.664. The molecule has 0 aliphatic carbocycles. The number of rotatable bonds is 4. The fraction of sp³-hybridized carbons (Fsp3) is 0.385. The van der Waals surface area contributed by atoms with Crippen molar-refractivity contribution in [3.63, 3.8) is 0 Å². The van der Waals surface area contributed by atoms with Gasteiger partial charge in [-0.1, -0.05) is 30.3 Å². The van der Waals surface area contributed by atoms with E-state index >= 15 is 0 Å². The van der Waals surface area contributed by atoms with Crippen LogP contribution in [-0.2, 0) is 9.59 Å². The molecule has 0 radical (unpaired) electrons. The molecule has 96 valence electrons. The fourth-order valence-electron chi connectivity index (χ4n) is 2.13. The van der Waals surface area contributed by atoms with Crippen molar-refractivity contribution in [3.8, 4) is 0 Å². The van der Waals surface area contributed by atoms with Crippen molar-refractivity contribution in [3.05, 3.63) is 35.9 Å². The van der Waals surface area contributed by atoms with E-state index in [2.05, 4.69) is 5.32 Å². The predicted molar refractivity (Wildman–Crippen MR) is 66.0 cm³/mol. The number of hydrogen-bond acceptors (Lipinski definition) is 3. The summed E-state index contributed by atoms with van der Waals surface area (Å²) in [5.74, 6) is -1.01. The largest absolute Gasteiger partial charge is 0.480 e. The molecule has 5 nitrogen and oxygen atoms in total. The number of amides is 1. The molecule has 5 heteroatoms. The molecular formula is C13H16N2O3. The quantitative estimate of drug-likeness (QED) is 0.820. The van der Waals surface area contributed by atoms with Gasteiger partial charge in [-0.05, 0) is 12.0 Å². The number of carboxylic acid groups (broad SMARTS) is 1. The van der Waals surface area contributed by atoms with Gasteiger partial charge in [-0.3, -0.25) is 14.9 Å². The number of carbonyl (C=O) groups excluding carboxylic acids is 1. The minimum atomic E-state index is -0.969. The fourth-order valence-corrected chi connectivity index (χ4v) is 2.13. The molecule has 2 rings (SSSR count). The Labute approximate surface area is 105 Å². The third-order valence-corrected chi connectivity index (χ3v) is 3.18. The van der Waals surface area contributed by atoms with Gasteiger partial charge in [0.25, 0.3) is 0 Å². The minimum absolute atomic E-state index is 0.0443. The standard InChI is InChI=1S/C13H16N2O3/c1-15-8-7-10(12(15)16)14-11(13(17)18)9-5-3-2-4-6-9/h2-6,10-11,14H,7-8H2,1H3,(H,17,18). The number of likely N-dealkylation sites (tertiary alicyclic amines) is 1. The zero-order valence-electron chi connectivity index (χ0n) is 10.2. The maximum Gasteiger partial charge on any atom is 0.325 e. The number of nitrogens with zero attached hydrogens (tertiary/aromatic N) is 1. The molecule has 1 amide bonds. The highest BCUT2D eigenvalue weighted by molar-refractivity contribution is 5.85. The average molecular weight is 248 g/mol. The van der Waals surface area contributed by atoms with Gasteiger partial charge in [0.1, 0.15) is 6.04 Å². The summed E-state index contributed by atoms with van der Waals surface area (Å²) in [7, 11) is 1.72. The van der Waals surface area contributed by atoms with Crippen molar-refractivity contribution in [2.75, 3.05) is 13.6 Å². The summed E-state index contributed by atoms with van der Waals surface area (Å²) < 4.78 is 0. The second-order valence-corrected chi connectivity index (χ2v) is 4.45. The Balaban J connectivity index is 2.13. The molecule has 0 saturated carbocycles. The van der Waals surface area contributed by atoms with Gasteiger partial charge in [0.2, 0.25) is 5.91 Å². The van der Waals surface area contributed by atoms with Crippen LogP contribution in [0.3, 0.4) is 0 Å². The lowest BCUT2D eigenvalue weighted by Crippen LogP contribution is -2.41. The molecule has 2 atom stereocenters. The molecule has 18 heavy (non-hydrogen) atoms. The van der Waals surface area contributed by atoms with Crippen molar-refractivity contribution in [1.29, 1.82) is 0 Å². The van der Waals surface area contributed by atoms with Gasteiger partial charge in [0.15, 0.2) is 0 Å². The maximum atomic E-state index is 11.8. The molecule has 1 aromatic carbocycles. The average Bonchev–Trinajstić information content (AvgIpc) is 2.68. The van der Waals surface area contributed by atoms with Gasteiger partial charge in [-0.15, -0.1) is 0 Å². The van der Waals surface area contributed by atoms with Crippen LogP contribution in [0.15, 0.2) is 30.3 Å². The van der Waals surface area contributed by atoms with E-state index in [4.69, 9.17) is 0 Å². The normalized spacial score (nSPS) is 21.1. The molecule has 1 aliphatic heterocycles. The third kappa shape index (κ3) is 2.51. The number of aliphatic carboxylic acids is 1. The topological polar surface area (TPSA) is 69.6 Å². The first kappa shape index (κ1) is 12.6. The Morgan fingerprint density at radius 2 is 2.11 bits per heavy atom. The Hall–Kier alpha value is -1.88. The Morgan fingerprint density at radius 1 is 1.44 bits per heavy atom. The molecule has 1 heterocycles. The van der Waals surface area contributed by atoms with Crippen LogP contribution >= 0.6 is 0 Å². The second-order valence-electron chi connectivity index (χ2n) is 4.45. The van der Waals surface area contributed by atoms with E-state index in [9.17, 15) is 14.7 Å². The number of hydrogen-bond donors (Lipinski definition) is 2. The first-order valence-electron chi connectivity index (χ1n) is 5.88. The summed E-state index contributed by atoms with van der Waals surface area (Å²) in [5, 5.41) is 12.2. The first-order chi connectivity index (χ1) is 8.59. The van der Waals surface area contributed by atoms with Gasteiger partial charge in [-0.2, -0.15) is 0 Å².